The van der Waals surface area contributed by atoms with E-state index in [-0.39, 0.29) is 35.2 Å². The number of ether oxygens (including phenoxy) is 3. The van der Waals surface area contributed by atoms with Crippen LogP contribution in [0.15, 0.2) is 24.3 Å². The Morgan fingerprint density at radius 2 is 1.60 bits per heavy atom. The van der Waals surface area contributed by atoms with Gasteiger partial charge in [-0.2, -0.15) is 5.26 Å². The second-order valence-electron chi connectivity index (χ2n) is 12.3. The average molecular weight is 647 g/mol. The first-order chi connectivity index (χ1) is 22.6. The summed E-state index contributed by atoms with van der Waals surface area (Å²) in [5.41, 5.74) is 3.87. The topological polar surface area (TPSA) is 148 Å². The van der Waals surface area contributed by atoms with Gasteiger partial charge in [0.1, 0.15) is 29.1 Å². The molecule has 3 aromatic carbocycles. The van der Waals surface area contributed by atoms with E-state index in [1.165, 1.54) is 32.4 Å². The third-order valence-corrected chi connectivity index (χ3v) is 10.4. The summed E-state index contributed by atoms with van der Waals surface area (Å²) in [5.74, 6) is -0.121. The van der Waals surface area contributed by atoms with Gasteiger partial charge in [-0.15, -0.1) is 0 Å². The summed E-state index contributed by atoms with van der Waals surface area (Å²) < 4.78 is 32.0. The molecule has 1 saturated heterocycles. The Morgan fingerprint density at radius 3 is 2.21 bits per heavy atom. The monoisotopic (exact) mass is 646 g/mol. The molecule has 5 atom stereocenters. The van der Waals surface area contributed by atoms with E-state index in [0.29, 0.717) is 57.9 Å². The van der Waals surface area contributed by atoms with Gasteiger partial charge >= 0.3 is 0 Å². The van der Waals surface area contributed by atoms with E-state index < -0.39 is 42.5 Å². The molecule has 0 spiro atoms. The predicted molar refractivity (Wildman–Crippen MR) is 169 cm³/mol. The number of carbonyl (C=O) groups is 1. The van der Waals surface area contributed by atoms with Crippen molar-refractivity contribution >= 4 is 5.91 Å². The zero-order chi connectivity index (χ0) is 33.9. The summed E-state index contributed by atoms with van der Waals surface area (Å²) >= 11 is 0. The number of phenolic OH excluding ortho intramolecular Hbond substituents is 1. The number of aromatic hydroxyl groups is 2. The van der Waals surface area contributed by atoms with Crippen LogP contribution in [-0.4, -0.2) is 84.1 Å². The van der Waals surface area contributed by atoms with Crippen LogP contribution >= 0.6 is 0 Å². The first-order valence-corrected chi connectivity index (χ1v) is 15.5. The molecular weight excluding hydrogens is 607 g/mol. The highest BCUT2D eigenvalue weighted by Crippen LogP contribution is 2.58. The van der Waals surface area contributed by atoms with Crippen LogP contribution in [0.1, 0.15) is 61.4 Å². The molecule has 0 aromatic heterocycles. The van der Waals surface area contributed by atoms with Crippen LogP contribution in [0.3, 0.4) is 0 Å². The molecule has 3 aromatic rings. The minimum atomic E-state index is -0.791. The van der Waals surface area contributed by atoms with Gasteiger partial charge in [-0.05, 0) is 45.9 Å². The summed E-state index contributed by atoms with van der Waals surface area (Å²) in [4.78, 5) is 17.4. The van der Waals surface area contributed by atoms with Crippen LogP contribution in [-0.2, 0) is 19.4 Å². The molecule has 6 rings (SSSR count). The Morgan fingerprint density at radius 1 is 0.979 bits per heavy atom. The van der Waals surface area contributed by atoms with Crippen molar-refractivity contribution in [3.8, 4) is 34.8 Å². The second-order valence-corrected chi connectivity index (χ2v) is 12.3. The zero-order valence-corrected chi connectivity index (χ0v) is 27.2. The number of hydrogen-bond donors (Lipinski definition) is 4. The standard InChI is InChI=1S/C35H39FN4O7/c1-16-21(15-41)30(42)27-19(32(16)45-4)12-24-29-28-20(33(46-5)17(2)34(47-6)31(28)43)11-23(39(29)3)25(13-37)40(24)26(27)14-38-35(44)18-9-7-8-10-22(18)36/h7-10,23-26,29,41-43H,11-12,14-15H2,1-6H3,(H,38,44)/t23-,24-,25-,26-,29+/m0/s1. The van der Waals surface area contributed by atoms with E-state index >= 15 is 0 Å². The highest BCUT2D eigenvalue weighted by Gasteiger charge is 2.57. The number of nitriles is 1. The maximum absolute atomic E-state index is 14.6. The Kier molecular flexibility index (Phi) is 8.42. The number of phenols is 2. The normalized spacial score (nSPS) is 23.2. The van der Waals surface area contributed by atoms with Crippen LogP contribution in [0.25, 0.3) is 0 Å². The van der Waals surface area contributed by atoms with Crippen molar-refractivity contribution in [1.29, 1.82) is 5.26 Å². The highest BCUT2D eigenvalue weighted by atomic mass is 19.1. The number of aliphatic hydroxyl groups is 1. The van der Waals surface area contributed by atoms with Gasteiger partial charge in [0.05, 0.1) is 51.7 Å². The Balaban J connectivity index is 1.59. The van der Waals surface area contributed by atoms with Gasteiger partial charge in [-0.1, -0.05) is 12.1 Å². The van der Waals surface area contributed by atoms with E-state index in [0.717, 1.165) is 5.56 Å². The fourth-order valence-corrected chi connectivity index (χ4v) is 8.36. The molecule has 248 valence electrons. The van der Waals surface area contributed by atoms with Crippen molar-refractivity contribution in [2.45, 2.75) is 63.5 Å². The van der Waals surface area contributed by atoms with Gasteiger partial charge in [0.15, 0.2) is 11.5 Å². The summed E-state index contributed by atoms with van der Waals surface area (Å²) in [6.07, 6.45) is 0.672. The van der Waals surface area contributed by atoms with Crippen molar-refractivity contribution < 1.29 is 38.7 Å². The van der Waals surface area contributed by atoms with Crippen molar-refractivity contribution in [3.05, 3.63) is 74.6 Å². The smallest absolute Gasteiger partial charge is 0.254 e. The van der Waals surface area contributed by atoms with Gasteiger partial charge in [0, 0.05) is 57.6 Å². The summed E-state index contributed by atoms with van der Waals surface area (Å²) in [5, 5.41) is 47.4. The molecule has 4 N–H and O–H groups in total. The van der Waals surface area contributed by atoms with Crippen molar-refractivity contribution in [1.82, 2.24) is 15.1 Å². The molecule has 47 heavy (non-hydrogen) atoms. The quantitative estimate of drug-likeness (QED) is 0.300. The number of likely N-dealkylation sites (N-methyl/N-ethyl adjacent to an activating group) is 1. The number of hydrogen-bond acceptors (Lipinski definition) is 10. The molecule has 0 aliphatic carbocycles. The SMILES string of the molecule is COc1c(C)c(OC)c2c(c1O)[C@H]1[C@@H]3Cc4c(OC)c(C)c(CO)c(O)c4[C@H](CNC(=O)c4ccccc4F)N3[C@@H](C#N)[C@H](C2)N1C. The van der Waals surface area contributed by atoms with Crippen LogP contribution in [0.5, 0.6) is 28.7 Å². The summed E-state index contributed by atoms with van der Waals surface area (Å²) in [7, 11) is 6.50. The first-order valence-electron chi connectivity index (χ1n) is 15.5. The largest absolute Gasteiger partial charge is 0.507 e. The number of methoxy groups -OCH3 is 3. The molecule has 3 heterocycles. The van der Waals surface area contributed by atoms with Gasteiger partial charge in [0.2, 0.25) is 0 Å². The van der Waals surface area contributed by atoms with Gasteiger partial charge in [0.25, 0.3) is 5.91 Å². The molecule has 2 bridgehead atoms. The fourth-order valence-electron chi connectivity index (χ4n) is 8.36. The number of aliphatic hydroxyl groups excluding tert-OH is 1. The third-order valence-electron chi connectivity index (χ3n) is 10.4. The van der Waals surface area contributed by atoms with Gasteiger partial charge < -0.3 is 34.8 Å². The Hall–Kier alpha value is -4.57. The van der Waals surface area contributed by atoms with Crippen molar-refractivity contribution in [3.63, 3.8) is 0 Å². The number of amides is 1. The first kappa shape index (κ1) is 32.4. The number of nitrogens with one attached hydrogen (secondary N) is 1. The summed E-state index contributed by atoms with van der Waals surface area (Å²) in [6.45, 7) is 3.02. The number of piperazine rings is 1. The lowest BCUT2D eigenvalue weighted by atomic mass is 9.71. The van der Waals surface area contributed by atoms with Gasteiger partial charge in [-0.25, -0.2) is 4.39 Å². The van der Waals surface area contributed by atoms with E-state index in [9.17, 15) is 29.8 Å². The maximum Gasteiger partial charge on any atom is 0.254 e. The van der Waals surface area contributed by atoms with Crippen molar-refractivity contribution in [2.75, 3.05) is 34.9 Å². The van der Waals surface area contributed by atoms with E-state index in [1.807, 2.05) is 18.9 Å². The second kappa shape index (κ2) is 12.2. The molecule has 0 radical (unpaired) electrons. The molecule has 12 heteroatoms. The molecule has 3 aliphatic heterocycles. The zero-order valence-electron chi connectivity index (χ0n) is 27.2. The third kappa shape index (κ3) is 4.67. The minimum Gasteiger partial charge on any atom is -0.507 e. The fraction of sp³-hybridized carbons (Fsp3) is 0.429. The number of fused-ring (bicyclic) bond motifs is 7. The lowest BCUT2D eigenvalue weighted by Gasteiger charge is -2.60. The lowest BCUT2D eigenvalue weighted by Crippen LogP contribution is -2.68. The molecule has 11 nitrogen and oxygen atoms in total. The van der Waals surface area contributed by atoms with Crippen LogP contribution < -0.4 is 19.5 Å². The molecule has 0 unspecified atom stereocenters. The number of rotatable bonds is 7. The van der Waals surface area contributed by atoms with Gasteiger partial charge in [-0.3, -0.25) is 14.6 Å². The van der Waals surface area contributed by atoms with E-state index in [2.05, 4.69) is 16.3 Å². The molecule has 0 saturated carbocycles. The molecule has 1 amide bonds. The molecule has 3 aliphatic rings. The van der Waals surface area contributed by atoms with E-state index in [4.69, 9.17) is 14.2 Å². The van der Waals surface area contributed by atoms with Crippen LogP contribution in [0, 0.1) is 31.0 Å². The van der Waals surface area contributed by atoms with Crippen LogP contribution in [0.2, 0.25) is 0 Å². The maximum atomic E-state index is 14.6. The number of nitrogens with zero attached hydrogens (tertiary/aromatic N) is 3. The number of halogens is 1. The Labute approximate surface area is 272 Å². The predicted octanol–water partition coefficient (Wildman–Crippen LogP) is 3.57. The molecule has 1 fully saturated rings. The lowest BCUT2D eigenvalue weighted by molar-refractivity contribution is -0.0724. The minimum absolute atomic E-state index is 0.0109. The number of benzene rings is 3. The Bertz CT molecular complexity index is 1810. The molecular formula is C35H39FN4O7. The van der Waals surface area contributed by atoms with Crippen LogP contribution in [0.4, 0.5) is 4.39 Å². The number of carbonyl (C=O) groups excluding carboxylic acids is 1. The summed E-state index contributed by atoms with van der Waals surface area (Å²) in [6, 6.07) is 5.32. The van der Waals surface area contributed by atoms with Crippen molar-refractivity contribution in [2.24, 2.45) is 0 Å². The van der Waals surface area contributed by atoms with E-state index in [1.54, 1.807) is 20.1 Å². The highest BCUT2D eigenvalue weighted by molar-refractivity contribution is 5.94. The average Bonchev–Trinajstić information content (AvgIpc) is 3.05.